The first-order valence-corrected chi connectivity index (χ1v) is 12.0. The van der Waals surface area contributed by atoms with E-state index in [9.17, 15) is 15.3 Å². The third kappa shape index (κ3) is 3.15. The number of carbonyl (C=O) groups is 1. The zero-order chi connectivity index (χ0) is 22.2. The molecule has 2 aromatic rings. The van der Waals surface area contributed by atoms with Gasteiger partial charge in [-0.1, -0.05) is 36.8 Å². The van der Waals surface area contributed by atoms with Gasteiger partial charge in [0, 0.05) is 22.6 Å². The molecule has 2 heterocycles. The number of hydrogen-bond donors (Lipinski definition) is 1. The van der Waals surface area contributed by atoms with E-state index in [0.29, 0.717) is 35.4 Å². The molecule has 2 N–H and O–H groups in total. The zero-order valence-corrected chi connectivity index (χ0v) is 18.7. The molecule has 3 aliphatic rings. The summed E-state index contributed by atoms with van der Waals surface area (Å²) in [5, 5.41) is 21.0. The number of anilines is 1. The van der Waals surface area contributed by atoms with E-state index in [2.05, 4.69) is 12.1 Å². The normalized spacial score (nSPS) is 20.9. The standard InChI is InChI=1S/C26H24N4OS/c27-14-18-17-10-5-2-6-13-22(17)32-26(18)30-20-11-7-12-21(31)24(20)23(19(15-28)25(30)29)16-8-3-1-4-9-16/h1,3-4,8-9,23H,2,5-7,10-13,29H2. The number of allylic oxidation sites excluding steroid dienone is 3. The number of aryl methyl sites for hydroxylation is 1. The van der Waals surface area contributed by atoms with Crippen molar-refractivity contribution in [2.45, 2.75) is 57.3 Å². The van der Waals surface area contributed by atoms with Gasteiger partial charge in [0.1, 0.15) is 16.9 Å². The van der Waals surface area contributed by atoms with Crippen LogP contribution in [-0.2, 0) is 17.6 Å². The Balaban J connectivity index is 1.75. The molecule has 5 rings (SSSR count). The lowest BCUT2D eigenvalue weighted by Gasteiger charge is -2.39. The van der Waals surface area contributed by atoms with E-state index in [4.69, 9.17) is 5.73 Å². The number of nitrogens with two attached hydrogens (primary N) is 1. The van der Waals surface area contributed by atoms with Gasteiger partial charge in [-0.05, 0) is 49.7 Å². The molecule has 0 radical (unpaired) electrons. The molecule has 32 heavy (non-hydrogen) atoms. The molecule has 2 aliphatic carbocycles. The molecule has 160 valence electrons. The molecular formula is C26H24N4OS. The molecule has 1 unspecified atom stereocenters. The topological polar surface area (TPSA) is 93.9 Å². The largest absolute Gasteiger partial charge is 0.384 e. The van der Waals surface area contributed by atoms with Crippen LogP contribution in [-0.4, -0.2) is 5.78 Å². The van der Waals surface area contributed by atoms with Gasteiger partial charge in [-0.15, -0.1) is 11.3 Å². The first-order valence-electron chi connectivity index (χ1n) is 11.2. The maximum Gasteiger partial charge on any atom is 0.161 e. The molecule has 1 atom stereocenters. The quantitative estimate of drug-likeness (QED) is 0.648. The number of rotatable bonds is 2. The van der Waals surface area contributed by atoms with Crippen LogP contribution in [0.3, 0.4) is 0 Å². The number of ketones is 1. The van der Waals surface area contributed by atoms with Crippen molar-refractivity contribution >= 4 is 22.1 Å². The number of carbonyl (C=O) groups excluding carboxylic acids is 1. The van der Waals surface area contributed by atoms with Crippen LogP contribution < -0.4 is 10.6 Å². The van der Waals surface area contributed by atoms with Gasteiger partial charge in [-0.25, -0.2) is 0 Å². The van der Waals surface area contributed by atoms with Crippen molar-refractivity contribution < 1.29 is 4.79 Å². The summed E-state index contributed by atoms with van der Waals surface area (Å²) in [7, 11) is 0. The van der Waals surface area contributed by atoms with Crippen molar-refractivity contribution in [3.8, 4) is 12.1 Å². The Morgan fingerprint density at radius 2 is 1.75 bits per heavy atom. The monoisotopic (exact) mass is 440 g/mol. The average molecular weight is 441 g/mol. The Labute approximate surface area is 192 Å². The van der Waals surface area contributed by atoms with E-state index >= 15 is 0 Å². The molecule has 0 bridgehead atoms. The highest BCUT2D eigenvalue weighted by atomic mass is 32.1. The summed E-state index contributed by atoms with van der Waals surface area (Å²) in [6.45, 7) is 0. The smallest absolute Gasteiger partial charge is 0.161 e. The Bertz CT molecular complexity index is 1240. The van der Waals surface area contributed by atoms with Crippen LogP contribution in [0.25, 0.3) is 0 Å². The lowest BCUT2D eigenvalue weighted by molar-refractivity contribution is -0.116. The number of thiophene rings is 1. The third-order valence-electron chi connectivity index (χ3n) is 6.76. The van der Waals surface area contributed by atoms with Gasteiger partial charge in [0.25, 0.3) is 0 Å². The lowest BCUT2D eigenvalue weighted by Crippen LogP contribution is -2.38. The highest BCUT2D eigenvalue weighted by molar-refractivity contribution is 7.16. The number of hydrogen-bond acceptors (Lipinski definition) is 6. The van der Waals surface area contributed by atoms with E-state index in [1.54, 1.807) is 11.3 Å². The lowest BCUT2D eigenvalue weighted by atomic mass is 9.75. The second-order valence-electron chi connectivity index (χ2n) is 8.58. The first-order chi connectivity index (χ1) is 15.7. The zero-order valence-electron chi connectivity index (χ0n) is 17.9. The minimum Gasteiger partial charge on any atom is -0.384 e. The third-order valence-corrected chi connectivity index (χ3v) is 8.04. The first kappa shape index (κ1) is 20.5. The highest BCUT2D eigenvalue weighted by Gasteiger charge is 2.41. The SMILES string of the molecule is N#CC1=C(N)N(c2sc3c(c2C#N)CCCCC3)C2=C(C(=O)CCC2)C1c1ccccc1. The molecular weight excluding hydrogens is 416 g/mol. The van der Waals surface area contributed by atoms with Gasteiger partial charge < -0.3 is 5.73 Å². The van der Waals surface area contributed by atoms with Crippen LogP contribution in [0, 0.1) is 22.7 Å². The fourth-order valence-corrected chi connectivity index (χ4v) is 6.68. The van der Waals surface area contributed by atoms with Crippen molar-refractivity contribution in [3.63, 3.8) is 0 Å². The molecule has 0 amide bonds. The van der Waals surface area contributed by atoms with Crippen LogP contribution in [0.1, 0.15) is 66.0 Å². The average Bonchev–Trinajstić information content (AvgIpc) is 2.98. The Morgan fingerprint density at radius 1 is 0.969 bits per heavy atom. The predicted octanol–water partition coefficient (Wildman–Crippen LogP) is 5.19. The number of benzene rings is 1. The summed E-state index contributed by atoms with van der Waals surface area (Å²) >= 11 is 1.61. The van der Waals surface area contributed by atoms with Crippen LogP contribution >= 0.6 is 11.3 Å². The Morgan fingerprint density at radius 3 is 2.50 bits per heavy atom. The van der Waals surface area contributed by atoms with Crippen molar-refractivity contribution in [1.29, 1.82) is 10.5 Å². The fraction of sp³-hybridized carbons (Fsp3) is 0.346. The van der Waals surface area contributed by atoms with Gasteiger partial charge in [0.05, 0.1) is 23.1 Å². The summed E-state index contributed by atoms with van der Waals surface area (Å²) in [4.78, 5) is 16.4. The Hall–Kier alpha value is -3.35. The number of nitrogens with zero attached hydrogens (tertiary/aromatic N) is 3. The van der Waals surface area contributed by atoms with Crippen molar-refractivity contribution in [2.75, 3.05) is 4.90 Å². The molecule has 0 spiro atoms. The molecule has 0 fully saturated rings. The molecule has 6 heteroatoms. The summed E-state index contributed by atoms with van der Waals surface area (Å²) in [5.74, 6) is -0.0340. The number of fused-ring (bicyclic) bond motifs is 1. The second kappa shape index (κ2) is 8.30. The maximum absolute atomic E-state index is 13.2. The van der Waals surface area contributed by atoms with E-state index < -0.39 is 5.92 Å². The number of Topliss-reactive ketones (excluding diaryl/α,β-unsaturated/α-hetero) is 1. The van der Waals surface area contributed by atoms with Crippen LogP contribution in [0.5, 0.6) is 0 Å². The van der Waals surface area contributed by atoms with Crippen molar-refractivity contribution in [1.82, 2.24) is 0 Å². The van der Waals surface area contributed by atoms with Gasteiger partial charge in [-0.3, -0.25) is 9.69 Å². The summed E-state index contributed by atoms with van der Waals surface area (Å²) in [5.41, 5.74) is 11.3. The van der Waals surface area contributed by atoms with Gasteiger partial charge >= 0.3 is 0 Å². The van der Waals surface area contributed by atoms with Crippen LogP contribution in [0.15, 0.2) is 53.0 Å². The molecule has 0 saturated heterocycles. The van der Waals surface area contributed by atoms with Gasteiger partial charge in [0.2, 0.25) is 0 Å². The minimum atomic E-state index is -0.455. The van der Waals surface area contributed by atoms with Crippen LogP contribution in [0.2, 0.25) is 0 Å². The molecule has 1 aliphatic heterocycles. The van der Waals surface area contributed by atoms with E-state index in [0.717, 1.165) is 53.9 Å². The van der Waals surface area contributed by atoms with Crippen molar-refractivity contribution in [2.24, 2.45) is 5.73 Å². The second-order valence-corrected chi connectivity index (χ2v) is 9.67. The maximum atomic E-state index is 13.2. The van der Waals surface area contributed by atoms with E-state index in [-0.39, 0.29) is 5.78 Å². The molecule has 1 aromatic heterocycles. The minimum absolute atomic E-state index is 0.0713. The Kier molecular flexibility index (Phi) is 5.33. The van der Waals surface area contributed by atoms with Gasteiger partial charge in [0.15, 0.2) is 5.78 Å². The van der Waals surface area contributed by atoms with E-state index in [1.807, 2.05) is 35.2 Å². The van der Waals surface area contributed by atoms with Gasteiger partial charge in [-0.2, -0.15) is 10.5 Å². The summed E-state index contributed by atoms with van der Waals surface area (Å²) < 4.78 is 0. The molecule has 1 aromatic carbocycles. The fourth-order valence-electron chi connectivity index (χ4n) is 5.30. The predicted molar refractivity (Wildman–Crippen MR) is 125 cm³/mol. The summed E-state index contributed by atoms with van der Waals surface area (Å²) in [6, 6.07) is 14.4. The molecule has 0 saturated carbocycles. The van der Waals surface area contributed by atoms with E-state index in [1.165, 1.54) is 11.3 Å². The van der Waals surface area contributed by atoms with Crippen LogP contribution in [0.4, 0.5) is 5.00 Å². The van der Waals surface area contributed by atoms with Crippen molar-refractivity contribution in [3.05, 3.63) is 74.6 Å². The highest BCUT2D eigenvalue weighted by Crippen LogP contribution is 2.49. The molecule has 5 nitrogen and oxygen atoms in total. The summed E-state index contributed by atoms with van der Waals surface area (Å²) in [6.07, 6.45) is 7.16. The number of nitriles is 2.